The Kier molecular flexibility index (Phi) is 2.40. The molecule has 1 atom stereocenters. The van der Waals surface area contributed by atoms with Gasteiger partial charge in [0.2, 0.25) is 0 Å². The third kappa shape index (κ3) is 1.71. The van der Waals surface area contributed by atoms with E-state index < -0.39 is 23.5 Å². The lowest BCUT2D eigenvalue weighted by Crippen LogP contribution is -2.50. The summed E-state index contributed by atoms with van der Waals surface area (Å²) in [4.78, 5) is 22.6. The molecule has 0 aliphatic carbocycles. The molecule has 13 heavy (non-hydrogen) atoms. The van der Waals surface area contributed by atoms with Gasteiger partial charge in [-0.15, -0.1) is 0 Å². The first-order chi connectivity index (χ1) is 5.88. The Morgan fingerprint density at radius 1 is 1.38 bits per heavy atom. The smallest absolute Gasteiger partial charge is 0.309 e. The largest absolute Gasteiger partial charge is 0.357 e. The SMILES string of the molecule is COC1NN(C(C)(C)C)C(=O)C1=O. The number of hydrazine groups is 1. The van der Waals surface area contributed by atoms with E-state index in [4.69, 9.17) is 4.74 Å². The summed E-state index contributed by atoms with van der Waals surface area (Å²) in [7, 11) is 1.38. The zero-order valence-corrected chi connectivity index (χ0v) is 8.25. The maximum Gasteiger partial charge on any atom is 0.309 e. The molecule has 0 spiro atoms. The number of methoxy groups -OCH3 is 1. The molecule has 5 nitrogen and oxygen atoms in total. The molecule has 5 heteroatoms. The number of Topliss-reactive ketones (excluding diaryl/α,β-unsaturated/α-hetero) is 1. The molecule has 0 aromatic carbocycles. The number of carbonyl (C=O) groups is 2. The van der Waals surface area contributed by atoms with Gasteiger partial charge in [-0.2, -0.15) is 5.43 Å². The van der Waals surface area contributed by atoms with Gasteiger partial charge in [0.25, 0.3) is 5.78 Å². The van der Waals surface area contributed by atoms with Crippen LogP contribution in [-0.4, -0.2) is 35.6 Å². The first kappa shape index (κ1) is 10.1. The zero-order valence-electron chi connectivity index (χ0n) is 8.25. The van der Waals surface area contributed by atoms with Crippen molar-refractivity contribution in [2.24, 2.45) is 0 Å². The highest BCUT2D eigenvalue weighted by atomic mass is 16.5. The van der Waals surface area contributed by atoms with Gasteiger partial charge in [-0.25, -0.2) is 0 Å². The van der Waals surface area contributed by atoms with Gasteiger partial charge in [0, 0.05) is 7.11 Å². The molecule has 0 aromatic heterocycles. The third-order valence-corrected chi connectivity index (χ3v) is 1.80. The second-order valence-electron chi connectivity index (χ2n) is 3.92. The van der Waals surface area contributed by atoms with Crippen molar-refractivity contribution in [1.29, 1.82) is 0 Å². The number of rotatable bonds is 1. The Morgan fingerprint density at radius 2 is 1.92 bits per heavy atom. The van der Waals surface area contributed by atoms with Gasteiger partial charge in [0.05, 0.1) is 5.54 Å². The van der Waals surface area contributed by atoms with Crippen LogP contribution in [0.5, 0.6) is 0 Å². The van der Waals surface area contributed by atoms with Crippen LogP contribution in [0.1, 0.15) is 20.8 Å². The number of hydrogen-bond acceptors (Lipinski definition) is 4. The van der Waals surface area contributed by atoms with Crippen molar-refractivity contribution in [2.45, 2.75) is 32.5 Å². The summed E-state index contributed by atoms with van der Waals surface area (Å²) in [5, 5.41) is 1.30. The molecular formula is C8H14N2O3. The van der Waals surface area contributed by atoms with E-state index in [-0.39, 0.29) is 0 Å². The Bertz CT molecular complexity index is 244. The molecule has 1 N–H and O–H groups in total. The van der Waals surface area contributed by atoms with Crippen LogP contribution in [-0.2, 0) is 14.3 Å². The summed E-state index contributed by atoms with van der Waals surface area (Å²) in [6, 6.07) is 0. The van der Waals surface area contributed by atoms with E-state index in [2.05, 4.69) is 5.43 Å². The van der Waals surface area contributed by atoms with Gasteiger partial charge in [0.1, 0.15) is 0 Å². The van der Waals surface area contributed by atoms with Crippen molar-refractivity contribution in [2.75, 3.05) is 7.11 Å². The van der Waals surface area contributed by atoms with Crippen molar-refractivity contribution in [1.82, 2.24) is 10.4 Å². The molecule has 1 heterocycles. The summed E-state index contributed by atoms with van der Waals surface area (Å²) in [5.74, 6) is -1.09. The molecule has 1 saturated heterocycles. The van der Waals surface area contributed by atoms with Gasteiger partial charge in [-0.3, -0.25) is 14.6 Å². The van der Waals surface area contributed by atoms with Crippen LogP contribution in [0.3, 0.4) is 0 Å². The van der Waals surface area contributed by atoms with Crippen molar-refractivity contribution < 1.29 is 14.3 Å². The Hall–Kier alpha value is -0.940. The molecular weight excluding hydrogens is 172 g/mol. The van der Waals surface area contributed by atoms with E-state index in [1.165, 1.54) is 12.1 Å². The maximum absolute atomic E-state index is 11.4. The van der Waals surface area contributed by atoms with Gasteiger partial charge >= 0.3 is 5.91 Å². The second-order valence-corrected chi connectivity index (χ2v) is 3.92. The highest BCUT2D eigenvalue weighted by molar-refractivity contribution is 6.39. The summed E-state index contributed by atoms with van der Waals surface area (Å²) >= 11 is 0. The average Bonchev–Trinajstić information content (AvgIpc) is 2.28. The van der Waals surface area contributed by atoms with Gasteiger partial charge in [-0.05, 0) is 20.8 Å². The van der Waals surface area contributed by atoms with Crippen LogP contribution in [0.25, 0.3) is 0 Å². The fourth-order valence-corrected chi connectivity index (χ4v) is 1.11. The molecule has 1 unspecified atom stereocenters. The Labute approximate surface area is 77.0 Å². The minimum absolute atomic E-state index is 0.417. The van der Waals surface area contributed by atoms with Crippen molar-refractivity contribution in [3.8, 4) is 0 Å². The van der Waals surface area contributed by atoms with E-state index in [9.17, 15) is 9.59 Å². The quantitative estimate of drug-likeness (QED) is 0.570. The zero-order chi connectivity index (χ0) is 10.2. The number of ether oxygens (including phenoxy) is 1. The van der Waals surface area contributed by atoms with E-state index in [0.29, 0.717) is 0 Å². The lowest BCUT2D eigenvalue weighted by Gasteiger charge is -2.30. The number of nitrogens with zero attached hydrogens (tertiary/aromatic N) is 1. The number of hydrogen-bond donors (Lipinski definition) is 1. The molecule has 1 rings (SSSR count). The summed E-state index contributed by atoms with van der Waals surface area (Å²) in [6.07, 6.45) is -0.827. The van der Waals surface area contributed by atoms with E-state index in [1.54, 1.807) is 0 Å². The first-order valence-corrected chi connectivity index (χ1v) is 4.05. The van der Waals surface area contributed by atoms with Gasteiger partial charge < -0.3 is 4.74 Å². The van der Waals surface area contributed by atoms with Crippen LogP contribution < -0.4 is 5.43 Å². The molecule has 0 bridgehead atoms. The van der Waals surface area contributed by atoms with Crippen LogP contribution in [0, 0.1) is 0 Å². The molecule has 0 saturated carbocycles. The van der Waals surface area contributed by atoms with Crippen LogP contribution in [0.15, 0.2) is 0 Å². The molecule has 1 amide bonds. The first-order valence-electron chi connectivity index (χ1n) is 4.05. The molecule has 1 fully saturated rings. The molecule has 1 aliphatic rings. The molecule has 0 radical (unpaired) electrons. The van der Waals surface area contributed by atoms with E-state index in [0.717, 1.165) is 0 Å². The maximum atomic E-state index is 11.4. The Morgan fingerprint density at radius 3 is 2.15 bits per heavy atom. The monoisotopic (exact) mass is 186 g/mol. The topological polar surface area (TPSA) is 58.6 Å². The second kappa shape index (κ2) is 3.08. The standard InChI is InChI=1S/C8H14N2O3/c1-8(2,3)10-7(12)5(11)6(9-10)13-4/h6,9H,1-4H3. The lowest BCUT2D eigenvalue weighted by atomic mass is 10.1. The number of amides is 1. The molecule has 74 valence electrons. The summed E-state index contributed by atoms with van der Waals surface area (Å²) in [6.45, 7) is 5.51. The summed E-state index contributed by atoms with van der Waals surface area (Å²) in [5.41, 5.74) is 2.28. The predicted molar refractivity (Wildman–Crippen MR) is 45.5 cm³/mol. The molecule has 1 aliphatic heterocycles. The van der Waals surface area contributed by atoms with Crippen LogP contribution in [0.2, 0.25) is 0 Å². The number of carbonyl (C=O) groups excluding carboxylic acids is 2. The highest BCUT2D eigenvalue weighted by Gasteiger charge is 2.43. The predicted octanol–water partition coefficient (Wildman–Crippen LogP) is -0.327. The average molecular weight is 186 g/mol. The van der Waals surface area contributed by atoms with Crippen molar-refractivity contribution in [3.05, 3.63) is 0 Å². The van der Waals surface area contributed by atoms with Crippen LogP contribution >= 0.6 is 0 Å². The fourth-order valence-electron chi connectivity index (χ4n) is 1.11. The molecule has 0 aromatic rings. The van der Waals surface area contributed by atoms with E-state index in [1.807, 2.05) is 20.8 Å². The highest BCUT2D eigenvalue weighted by Crippen LogP contribution is 2.16. The number of nitrogens with one attached hydrogen (secondary N) is 1. The number of ketones is 1. The van der Waals surface area contributed by atoms with Crippen molar-refractivity contribution >= 4 is 11.7 Å². The third-order valence-electron chi connectivity index (χ3n) is 1.80. The normalized spacial score (nSPS) is 24.3. The van der Waals surface area contributed by atoms with Crippen molar-refractivity contribution in [3.63, 3.8) is 0 Å². The van der Waals surface area contributed by atoms with Gasteiger partial charge in [-0.1, -0.05) is 0 Å². The van der Waals surface area contributed by atoms with Gasteiger partial charge in [0.15, 0.2) is 6.23 Å². The summed E-state index contributed by atoms with van der Waals surface area (Å²) < 4.78 is 4.80. The lowest BCUT2D eigenvalue weighted by molar-refractivity contribution is -0.144. The Balaban J connectivity index is 2.84. The minimum Gasteiger partial charge on any atom is -0.357 e. The minimum atomic E-state index is -0.827. The van der Waals surface area contributed by atoms with E-state index >= 15 is 0 Å². The van der Waals surface area contributed by atoms with Crippen LogP contribution in [0.4, 0.5) is 0 Å². The fraction of sp³-hybridized carbons (Fsp3) is 0.750.